The third-order valence-electron chi connectivity index (χ3n) is 5.28. The first kappa shape index (κ1) is 19.4. The van der Waals surface area contributed by atoms with E-state index in [1.54, 1.807) is 6.33 Å². The third-order valence-corrected chi connectivity index (χ3v) is 5.28. The smallest absolute Gasteiger partial charge is 0.253 e. The Bertz CT molecular complexity index is 815. The minimum Gasteiger partial charge on any atom is -0.494 e. The third kappa shape index (κ3) is 4.59. The summed E-state index contributed by atoms with van der Waals surface area (Å²) in [5.41, 5.74) is 0.693. The highest BCUT2D eigenvalue weighted by atomic mass is 16.5. The Hall–Kier alpha value is -2.87. The van der Waals surface area contributed by atoms with Gasteiger partial charge in [-0.15, -0.1) is 0 Å². The van der Waals surface area contributed by atoms with E-state index in [4.69, 9.17) is 9.47 Å². The number of aromatic nitrogens is 2. The van der Waals surface area contributed by atoms with Crippen LogP contribution in [0.25, 0.3) is 0 Å². The lowest BCUT2D eigenvalue weighted by Crippen LogP contribution is -2.49. The van der Waals surface area contributed by atoms with Crippen LogP contribution in [0.4, 0.5) is 11.6 Å². The predicted molar refractivity (Wildman–Crippen MR) is 111 cm³/mol. The van der Waals surface area contributed by atoms with Crippen molar-refractivity contribution in [2.45, 2.75) is 6.92 Å². The van der Waals surface area contributed by atoms with Crippen LogP contribution in [0, 0.1) is 0 Å². The van der Waals surface area contributed by atoms with E-state index in [9.17, 15) is 4.79 Å². The maximum atomic E-state index is 12.8. The molecule has 4 rings (SSSR count). The second-order valence-electron chi connectivity index (χ2n) is 7.07. The molecule has 0 N–H and O–H groups in total. The van der Waals surface area contributed by atoms with Gasteiger partial charge in [-0.3, -0.25) is 4.79 Å². The molecule has 0 unspecified atom stereocenters. The summed E-state index contributed by atoms with van der Waals surface area (Å²) in [5.74, 6) is 2.69. The summed E-state index contributed by atoms with van der Waals surface area (Å²) in [6.45, 7) is 8.56. The minimum atomic E-state index is 0.0596. The summed E-state index contributed by atoms with van der Waals surface area (Å²) in [4.78, 5) is 28.0. The van der Waals surface area contributed by atoms with Crippen LogP contribution in [0.2, 0.25) is 0 Å². The van der Waals surface area contributed by atoms with Crippen molar-refractivity contribution >= 4 is 17.5 Å². The molecule has 0 bridgehead atoms. The van der Waals surface area contributed by atoms with E-state index in [-0.39, 0.29) is 5.91 Å². The zero-order valence-electron chi connectivity index (χ0n) is 16.8. The number of morpholine rings is 1. The molecule has 8 heteroatoms. The van der Waals surface area contributed by atoms with Gasteiger partial charge in [0.25, 0.3) is 5.91 Å². The van der Waals surface area contributed by atoms with Gasteiger partial charge in [-0.25, -0.2) is 9.97 Å². The van der Waals surface area contributed by atoms with Gasteiger partial charge in [0.1, 0.15) is 23.7 Å². The summed E-state index contributed by atoms with van der Waals surface area (Å²) >= 11 is 0. The van der Waals surface area contributed by atoms with Gasteiger partial charge < -0.3 is 24.2 Å². The van der Waals surface area contributed by atoms with Crippen LogP contribution in [-0.2, 0) is 4.74 Å². The summed E-state index contributed by atoms with van der Waals surface area (Å²) in [6, 6.07) is 9.40. The Kier molecular flexibility index (Phi) is 6.09. The van der Waals surface area contributed by atoms with Crippen LogP contribution in [-0.4, -0.2) is 79.9 Å². The molecule has 0 spiro atoms. The molecular weight excluding hydrogens is 370 g/mol. The van der Waals surface area contributed by atoms with Crippen molar-refractivity contribution in [2.75, 3.05) is 68.9 Å². The molecule has 8 nitrogen and oxygen atoms in total. The first-order valence-corrected chi connectivity index (χ1v) is 10.2. The van der Waals surface area contributed by atoms with Crippen LogP contribution >= 0.6 is 0 Å². The zero-order chi connectivity index (χ0) is 20.1. The van der Waals surface area contributed by atoms with Gasteiger partial charge in [0.2, 0.25) is 0 Å². The SMILES string of the molecule is CCOc1ccc(C(=O)N2CCN(c3cc(N4CCOCC4)ncn3)CC2)cc1. The number of benzene rings is 1. The van der Waals surface area contributed by atoms with E-state index in [0.29, 0.717) is 25.3 Å². The summed E-state index contributed by atoms with van der Waals surface area (Å²) < 4.78 is 10.9. The van der Waals surface area contributed by atoms with Crippen molar-refractivity contribution in [1.82, 2.24) is 14.9 Å². The molecule has 3 heterocycles. The molecule has 154 valence electrons. The number of amides is 1. The molecule has 0 saturated carbocycles. The first-order chi connectivity index (χ1) is 14.2. The van der Waals surface area contributed by atoms with Crippen molar-refractivity contribution in [1.29, 1.82) is 0 Å². The van der Waals surface area contributed by atoms with Crippen LogP contribution in [0.3, 0.4) is 0 Å². The highest BCUT2D eigenvalue weighted by Gasteiger charge is 2.24. The lowest BCUT2D eigenvalue weighted by Gasteiger charge is -2.36. The Balaban J connectivity index is 1.36. The molecule has 2 aliphatic heterocycles. The van der Waals surface area contributed by atoms with Gasteiger partial charge in [0, 0.05) is 50.9 Å². The summed E-state index contributed by atoms with van der Waals surface area (Å²) in [6.07, 6.45) is 1.62. The largest absolute Gasteiger partial charge is 0.494 e. The Morgan fingerprint density at radius 1 is 0.966 bits per heavy atom. The first-order valence-electron chi connectivity index (χ1n) is 10.2. The molecule has 1 aromatic carbocycles. The average Bonchev–Trinajstić information content (AvgIpc) is 2.80. The van der Waals surface area contributed by atoms with Crippen LogP contribution in [0.1, 0.15) is 17.3 Å². The molecule has 2 fully saturated rings. The molecule has 2 aliphatic rings. The standard InChI is InChI=1S/C21H27N5O3/c1-2-29-18-5-3-17(4-6-18)21(27)26-9-7-24(8-10-26)19-15-20(23-16-22-19)25-11-13-28-14-12-25/h3-6,15-16H,2,7-14H2,1H3. The molecule has 2 aromatic rings. The van der Waals surface area contributed by atoms with Gasteiger partial charge in [-0.05, 0) is 31.2 Å². The molecule has 0 radical (unpaired) electrons. The van der Waals surface area contributed by atoms with E-state index in [0.717, 1.165) is 56.8 Å². The van der Waals surface area contributed by atoms with E-state index < -0.39 is 0 Å². The quantitative estimate of drug-likeness (QED) is 0.760. The van der Waals surface area contributed by atoms with Gasteiger partial charge >= 0.3 is 0 Å². The van der Waals surface area contributed by atoms with Crippen molar-refractivity contribution < 1.29 is 14.3 Å². The lowest BCUT2D eigenvalue weighted by molar-refractivity contribution is 0.0746. The number of hydrogen-bond donors (Lipinski definition) is 0. The monoisotopic (exact) mass is 397 g/mol. The fourth-order valence-electron chi connectivity index (χ4n) is 3.66. The Morgan fingerprint density at radius 2 is 1.59 bits per heavy atom. The normalized spacial score (nSPS) is 17.3. The summed E-state index contributed by atoms with van der Waals surface area (Å²) in [5, 5.41) is 0. The topological polar surface area (TPSA) is 71.0 Å². The zero-order valence-corrected chi connectivity index (χ0v) is 16.8. The van der Waals surface area contributed by atoms with Gasteiger partial charge in [-0.2, -0.15) is 0 Å². The second-order valence-corrected chi connectivity index (χ2v) is 7.07. The molecule has 0 aliphatic carbocycles. The predicted octanol–water partition coefficient (Wildman–Crippen LogP) is 1.67. The molecule has 2 saturated heterocycles. The van der Waals surface area contributed by atoms with E-state index in [1.807, 2.05) is 42.2 Å². The minimum absolute atomic E-state index is 0.0596. The number of anilines is 2. The number of hydrogen-bond acceptors (Lipinski definition) is 7. The number of carbonyl (C=O) groups is 1. The van der Waals surface area contributed by atoms with Gasteiger partial charge in [-0.1, -0.05) is 0 Å². The van der Waals surface area contributed by atoms with Crippen LogP contribution in [0.15, 0.2) is 36.7 Å². The number of ether oxygens (including phenoxy) is 2. The van der Waals surface area contributed by atoms with Crippen molar-refractivity contribution in [3.05, 3.63) is 42.2 Å². The second kappa shape index (κ2) is 9.09. The fraction of sp³-hybridized carbons (Fsp3) is 0.476. The van der Waals surface area contributed by atoms with E-state index in [1.165, 1.54) is 0 Å². The van der Waals surface area contributed by atoms with E-state index >= 15 is 0 Å². The highest BCUT2D eigenvalue weighted by Crippen LogP contribution is 2.21. The average molecular weight is 397 g/mol. The summed E-state index contributed by atoms with van der Waals surface area (Å²) in [7, 11) is 0. The molecule has 1 aromatic heterocycles. The Labute approximate surface area is 171 Å². The Morgan fingerprint density at radius 3 is 2.21 bits per heavy atom. The fourth-order valence-corrected chi connectivity index (χ4v) is 3.66. The molecular formula is C21H27N5O3. The molecule has 29 heavy (non-hydrogen) atoms. The van der Waals surface area contributed by atoms with Crippen molar-refractivity contribution in [2.24, 2.45) is 0 Å². The maximum Gasteiger partial charge on any atom is 0.253 e. The molecule has 1 amide bonds. The lowest BCUT2D eigenvalue weighted by atomic mass is 10.1. The van der Waals surface area contributed by atoms with Crippen LogP contribution < -0.4 is 14.5 Å². The van der Waals surface area contributed by atoms with Gasteiger partial charge in [0.15, 0.2) is 0 Å². The van der Waals surface area contributed by atoms with Crippen molar-refractivity contribution in [3.63, 3.8) is 0 Å². The maximum absolute atomic E-state index is 12.8. The number of piperazine rings is 1. The van der Waals surface area contributed by atoms with E-state index in [2.05, 4.69) is 19.8 Å². The van der Waals surface area contributed by atoms with Crippen molar-refractivity contribution in [3.8, 4) is 5.75 Å². The van der Waals surface area contributed by atoms with Crippen LogP contribution in [0.5, 0.6) is 5.75 Å². The number of rotatable bonds is 5. The highest BCUT2D eigenvalue weighted by molar-refractivity contribution is 5.94. The number of carbonyl (C=O) groups excluding carboxylic acids is 1. The molecule has 0 atom stereocenters. The number of nitrogens with zero attached hydrogens (tertiary/aromatic N) is 5. The van der Waals surface area contributed by atoms with Gasteiger partial charge in [0.05, 0.1) is 19.8 Å².